The number of hydrogen-bond donors (Lipinski definition) is 3. The molecule has 0 radical (unpaired) electrons. The van der Waals surface area contributed by atoms with Crippen molar-refractivity contribution < 1.29 is 4.79 Å². The SMILES string of the molecule is N[C@H](CNc1cncc(-c2ccc3c(c2)CC(=O)N3)n1)Cc1ccc(Br)cc1. The van der Waals surface area contributed by atoms with E-state index in [4.69, 9.17) is 5.73 Å². The van der Waals surface area contributed by atoms with E-state index >= 15 is 0 Å². The molecular formula is C21H20BrN5O. The summed E-state index contributed by atoms with van der Waals surface area (Å²) in [7, 11) is 0. The summed E-state index contributed by atoms with van der Waals surface area (Å²) in [5, 5.41) is 6.11. The Hall–Kier alpha value is -2.77. The lowest BCUT2D eigenvalue weighted by Crippen LogP contribution is -2.31. The number of amides is 1. The Morgan fingerprint density at radius 3 is 2.82 bits per heavy atom. The Morgan fingerprint density at radius 2 is 2.00 bits per heavy atom. The molecule has 0 aliphatic carbocycles. The summed E-state index contributed by atoms with van der Waals surface area (Å²) in [5.74, 6) is 0.701. The van der Waals surface area contributed by atoms with Crippen LogP contribution in [0.1, 0.15) is 11.1 Å². The van der Waals surface area contributed by atoms with Crippen LogP contribution in [0.4, 0.5) is 11.5 Å². The van der Waals surface area contributed by atoms with Gasteiger partial charge in [0, 0.05) is 28.3 Å². The van der Waals surface area contributed by atoms with Crippen LogP contribution in [0.2, 0.25) is 0 Å². The van der Waals surface area contributed by atoms with Gasteiger partial charge < -0.3 is 16.4 Å². The number of aromatic nitrogens is 2. The highest BCUT2D eigenvalue weighted by atomic mass is 79.9. The number of nitrogens with two attached hydrogens (primary N) is 1. The van der Waals surface area contributed by atoms with Gasteiger partial charge in [0.15, 0.2) is 0 Å². The topological polar surface area (TPSA) is 92.9 Å². The summed E-state index contributed by atoms with van der Waals surface area (Å²) in [6, 6.07) is 14.0. The van der Waals surface area contributed by atoms with Crippen molar-refractivity contribution in [3.05, 3.63) is 70.5 Å². The molecule has 2 aromatic carbocycles. The third-order valence-corrected chi connectivity index (χ3v) is 5.15. The lowest BCUT2D eigenvalue weighted by molar-refractivity contribution is -0.115. The van der Waals surface area contributed by atoms with E-state index in [1.807, 2.05) is 30.3 Å². The minimum Gasteiger partial charge on any atom is -0.367 e. The smallest absolute Gasteiger partial charge is 0.228 e. The third-order valence-electron chi connectivity index (χ3n) is 4.62. The number of halogens is 1. The molecule has 0 fully saturated rings. The fraction of sp³-hybridized carbons (Fsp3) is 0.190. The van der Waals surface area contributed by atoms with Crippen molar-refractivity contribution in [2.24, 2.45) is 5.73 Å². The summed E-state index contributed by atoms with van der Waals surface area (Å²) in [6.45, 7) is 0.594. The molecule has 28 heavy (non-hydrogen) atoms. The maximum absolute atomic E-state index is 11.5. The van der Waals surface area contributed by atoms with E-state index in [-0.39, 0.29) is 11.9 Å². The molecule has 6 nitrogen and oxygen atoms in total. The number of hydrogen-bond acceptors (Lipinski definition) is 5. The molecule has 0 saturated heterocycles. The Bertz CT molecular complexity index is 1010. The number of fused-ring (bicyclic) bond motifs is 1. The molecule has 0 saturated carbocycles. The fourth-order valence-corrected chi connectivity index (χ4v) is 3.47. The second kappa shape index (κ2) is 8.08. The quantitative estimate of drug-likeness (QED) is 0.549. The minimum absolute atomic E-state index is 0.0217. The molecule has 0 spiro atoms. The molecular weight excluding hydrogens is 418 g/mol. The van der Waals surface area contributed by atoms with E-state index in [0.717, 1.165) is 33.4 Å². The molecule has 1 amide bonds. The van der Waals surface area contributed by atoms with Gasteiger partial charge in [0.2, 0.25) is 5.91 Å². The van der Waals surface area contributed by atoms with Gasteiger partial charge >= 0.3 is 0 Å². The largest absolute Gasteiger partial charge is 0.367 e. The number of rotatable bonds is 6. The number of carbonyl (C=O) groups is 1. The van der Waals surface area contributed by atoms with E-state index < -0.39 is 0 Å². The van der Waals surface area contributed by atoms with Gasteiger partial charge in [0.1, 0.15) is 5.82 Å². The molecule has 1 atom stereocenters. The Kier molecular flexibility index (Phi) is 5.36. The maximum Gasteiger partial charge on any atom is 0.228 e. The first kappa shape index (κ1) is 18.6. The Morgan fingerprint density at radius 1 is 1.18 bits per heavy atom. The van der Waals surface area contributed by atoms with Gasteiger partial charge in [-0.3, -0.25) is 9.78 Å². The standard InChI is InChI=1S/C21H20BrN5O/c22-16-4-1-13(2-5-16)7-17(23)10-25-20-12-24-11-19(26-20)14-3-6-18-15(8-14)9-21(28)27-18/h1-6,8,11-12,17H,7,9-10,23H2,(H,25,26)(H,27,28)/t17-/m0/s1. The van der Waals surface area contributed by atoms with Crippen LogP contribution in [0, 0.1) is 0 Å². The van der Waals surface area contributed by atoms with Gasteiger partial charge in [-0.1, -0.05) is 34.1 Å². The highest BCUT2D eigenvalue weighted by Gasteiger charge is 2.18. The highest BCUT2D eigenvalue weighted by Crippen LogP contribution is 2.28. The van der Waals surface area contributed by atoms with E-state index in [1.165, 1.54) is 5.56 Å². The van der Waals surface area contributed by atoms with Crippen molar-refractivity contribution >= 4 is 33.3 Å². The van der Waals surface area contributed by atoms with Crippen molar-refractivity contribution in [2.45, 2.75) is 18.9 Å². The first-order valence-corrected chi connectivity index (χ1v) is 9.85. The molecule has 4 rings (SSSR count). The zero-order chi connectivity index (χ0) is 19.5. The molecule has 0 bridgehead atoms. The lowest BCUT2D eigenvalue weighted by Gasteiger charge is -2.14. The summed E-state index contributed by atoms with van der Waals surface area (Å²) >= 11 is 3.44. The van der Waals surface area contributed by atoms with Gasteiger partial charge in [-0.2, -0.15) is 0 Å². The van der Waals surface area contributed by atoms with Crippen molar-refractivity contribution in [1.29, 1.82) is 0 Å². The highest BCUT2D eigenvalue weighted by molar-refractivity contribution is 9.10. The van der Waals surface area contributed by atoms with Crippen LogP contribution in [0.25, 0.3) is 11.3 Å². The van der Waals surface area contributed by atoms with Crippen LogP contribution in [0.3, 0.4) is 0 Å². The minimum atomic E-state index is -0.0382. The van der Waals surface area contributed by atoms with Crippen molar-refractivity contribution in [3.8, 4) is 11.3 Å². The number of benzene rings is 2. The molecule has 1 aliphatic heterocycles. The second-order valence-corrected chi connectivity index (χ2v) is 7.77. The second-order valence-electron chi connectivity index (χ2n) is 6.86. The molecule has 0 unspecified atom stereocenters. The predicted octanol–water partition coefficient (Wildman–Crippen LogP) is 3.38. The summed E-state index contributed by atoms with van der Waals surface area (Å²) in [6.07, 6.45) is 4.59. The molecule has 142 valence electrons. The summed E-state index contributed by atoms with van der Waals surface area (Å²) in [4.78, 5) is 20.5. The van der Waals surface area contributed by atoms with Crippen molar-refractivity contribution in [1.82, 2.24) is 9.97 Å². The average Bonchev–Trinajstić information content (AvgIpc) is 3.07. The number of nitrogens with one attached hydrogen (secondary N) is 2. The fourth-order valence-electron chi connectivity index (χ4n) is 3.21. The van der Waals surface area contributed by atoms with Crippen LogP contribution in [0.15, 0.2) is 59.3 Å². The lowest BCUT2D eigenvalue weighted by atomic mass is 10.1. The molecule has 7 heteroatoms. The summed E-state index contributed by atoms with van der Waals surface area (Å²) < 4.78 is 1.06. The van der Waals surface area contributed by atoms with Crippen LogP contribution in [-0.4, -0.2) is 28.5 Å². The maximum atomic E-state index is 11.5. The van der Waals surface area contributed by atoms with Gasteiger partial charge in [0.25, 0.3) is 0 Å². The van der Waals surface area contributed by atoms with Gasteiger partial charge in [-0.05, 0) is 41.8 Å². The Labute approximate surface area is 171 Å². The van der Waals surface area contributed by atoms with Crippen molar-refractivity contribution in [2.75, 3.05) is 17.2 Å². The van der Waals surface area contributed by atoms with Crippen LogP contribution in [0.5, 0.6) is 0 Å². The number of carbonyl (C=O) groups excluding carboxylic acids is 1. The van der Waals surface area contributed by atoms with E-state index in [2.05, 4.69) is 48.7 Å². The molecule has 1 aromatic heterocycles. The van der Waals surface area contributed by atoms with Gasteiger partial charge in [-0.25, -0.2) is 4.98 Å². The third kappa shape index (κ3) is 4.37. The molecule has 1 aliphatic rings. The number of nitrogens with zero attached hydrogens (tertiary/aromatic N) is 2. The zero-order valence-electron chi connectivity index (χ0n) is 15.2. The van der Waals surface area contributed by atoms with E-state index in [0.29, 0.717) is 18.8 Å². The normalized spacial score (nSPS) is 13.7. The van der Waals surface area contributed by atoms with Crippen LogP contribution in [-0.2, 0) is 17.6 Å². The van der Waals surface area contributed by atoms with Crippen molar-refractivity contribution in [3.63, 3.8) is 0 Å². The van der Waals surface area contributed by atoms with Gasteiger partial charge in [0.05, 0.1) is 24.5 Å². The summed E-state index contributed by atoms with van der Waals surface area (Å²) in [5.41, 5.74) is 11.0. The monoisotopic (exact) mass is 437 g/mol. The van der Waals surface area contributed by atoms with Crippen LogP contribution >= 0.6 is 15.9 Å². The molecule has 4 N–H and O–H groups in total. The molecule has 2 heterocycles. The number of anilines is 2. The average molecular weight is 438 g/mol. The Balaban J connectivity index is 1.41. The first-order chi connectivity index (χ1) is 13.6. The van der Waals surface area contributed by atoms with E-state index in [1.54, 1.807) is 12.4 Å². The first-order valence-electron chi connectivity index (χ1n) is 9.06. The zero-order valence-corrected chi connectivity index (χ0v) is 16.7. The molecule has 3 aromatic rings. The van der Waals surface area contributed by atoms with E-state index in [9.17, 15) is 4.79 Å². The van der Waals surface area contributed by atoms with Crippen LogP contribution < -0.4 is 16.4 Å². The predicted molar refractivity (Wildman–Crippen MR) is 114 cm³/mol. The van der Waals surface area contributed by atoms with Gasteiger partial charge in [-0.15, -0.1) is 0 Å².